The Morgan fingerprint density at radius 3 is 2.15 bits per heavy atom. The molecule has 6 heteroatoms. The van der Waals surface area contributed by atoms with Gasteiger partial charge in [-0.25, -0.2) is 4.39 Å². The van der Waals surface area contributed by atoms with Crippen LogP contribution in [0.4, 0.5) is 4.39 Å². The maximum absolute atomic E-state index is 14.3. The minimum atomic E-state index is -0.781. The molecule has 2 amide bonds. The average Bonchev–Trinajstić information content (AvgIpc) is 2.78. The first-order valence-corrected chi connectivity index (χ1v) is 11.6. The van der Waals surface area contributed by atoms with Gasteiger partial charge in [-0.1, -0.05) is 72.3 Å². The molecular weight excluding hydrogens is 451 g/mol. The fourth-order valence-electron chi connectivity index (χ4n) is 3.70. The first kappa shape index (κ1) is 25.4. The molecular formula is C28H30ClFN2O2. The van der Waals surface area contributed by atoms with Crippen molar-refractivity contribution < 1.29 is 14.0 Å². The van der Waals surface area contributed by atoms with E-state index in [0.29, 0.717) is 17.0 Å². The summed E-state index contributed by atoms with van der Waals surface area (Å²) in [6, 6.07) is 22.1. The molecule has 0 aliphatic rings. The highest BCUT2D eigenvalue weighted by Crippen LogP contribution is 2.19. The summed E-state index contributed by atoms with van der Waals surface area (Å²) in [6.45, 7) is 5.89. The van der Waals surface area contributed by atoms with Crippen LogP contribution in [0.2, 0.25) is 5.02 Å². The van der Waals surface area contributed by atoms with Crippen LogP contribution in [0.5, 0.6) is 0 Å². The van der Waals surface area contributed by atoms with E-state index in [1.807, 2.05) is 63.2 Å². The summed E-state index contributed by atoms with van der Waals surface area (Å²) < 4.78 is 14.3. The highest BCUT2D eigenvalue weighted by molar-refractivity contribution is 6.30. The van der Waals surface area contributed by atoms with E-state index in [0.717, 1.165) is 11.1 Å². The number of hydrogen-bond donors (Lipinski definition) is 1. The van der Waals surface area contributed by atoms with Gasteiger partial charge < -0.3 is 10.2 Å². The molecule has 3 rings (SSSR count). The number of amides is 2. The fraction of sp³-hybridized carbons (Fsp3) is 0.286. The number of nitrogens with zero attached hydrogens (tertiary/aromatic N) is 1. The highest BCUT2D eigenvalue weighted by Gasteiger charge is 2.32. The van der Waals surface area contributed by atoms with Gasteiger partial charge in [-0.3, -0.25) is 9.59 Å². The van der Waals surface area contributed by atoms with Crippen LogP contribution in [-0.2, 0) is 29.0 Å². The van der Waals surface area contributed by atoms with Crippen LogP contribution in [-0.4, -0.2) is 28.3 Å². The molecule has 178 valence electrons. The van der Waals surface area contributed by atoms with Crippen LogP contribution in [0, 0.1) is 5.82 Å². The Labute approximate surface area is 205 Å². The quantitative estimate of drug-likeness (QED) is 0.457. The van der Waals surface area contributed by atoms with E-state index in [2.05, 4.69) is 5.32 Å². The molecule has 0 saturated heterocycles. The Morgan fingerprint density at radius 2 is 1.53 bits per heavy atom. The molecule has 0 heterocycles. The second kappa shape index (κ2) is 11.3. The molecule has 3 aromatic rings. The van der Waals surface area contributed by atoms with Crippen LogP contribution in [0.1, 0.15) is 37.5 Å². The number of halogens is 2. The van der Waals surface area contributed by atoms with Crippen molar-refractivity contribution in [2.24, 2.45) is 0 Å². The Morgan fingerprint density at radius 1 is 0.912 bits per heavy atom. The Balaban J connectivity index is 1.99. The number of carbonyl (C=O) groups is 2. The van der Waals surface area contributed by atoms with Crippen LogP contribution in [0.25, 0.3) is 0 Å². The first-order chi connectivity index (χ1) is 16.1. The van der Waals surface area contributed by atoms with Crippen LogP contribution < -0.4 is 5.32 Å². The Kier molecular flexibility index (Phi) is 8.46. The normalized spacial score (nSPS) is 12.1. The van der Waals surface area contributed by atoms with Crippen molar-refractivity contribution in [1.29, 1.82) is 0 Å². The van der Waals surface area contributed by atoms with Gasteiger partial charge in [-0.05, 0) is 55.7 Å². The monoisotopic (exact) mass is 480 g/mol. The van der Waals surface area contributed by atoms with Crippen molar-refractivity contribution in [1.82, 2.24) is 10.2 Å². The lowest BCUT2D eigenvalue weighted by Gasteiger charge is -2.34. The van der Waals surface area contributed by atoms with E-state index < -0.39 is 17.4 Å². The Hall–Kier alpha value is -3.18. The van der Waals surface area contributed by atoms with E-state index in [4.69, 9.17) is 11.6 Å². The van der Waals surface area contributed by atoms with Gasteiger partial charge in [0.15, 0.2) is 0 Å². The molecule has 0 aliphatic carbocycles. The molecule has 3 aromatic carbocycles. The lowest BCUT2D eigenvalue weighted by Crippen LogP contribution is -2.54. The van der Waals surface area contributed by atoms with E-state index in [9.17, 15) is 14.0 Å². The third-order valence-electron chi connectivity index (χ3n) is 5.33. The number of carbonyl (C=O) groups excluding carboxylic acids is 2. The Bertz CT molecular complexity index is 1110. The summed E-state index contributed by atoms with van der Waals surface area (Å²) in [5, 5.41) is 3.60. The van der Waals surface area contributed by atoms with Crippen LogP contribution >= 0.6 is 11.6 Å². The van der Waals surface area contributed by atoms with Gasteiger partial charge in [0, 0.05) is 23.5 Å². The number of nitrogens with one attached hydrogen (secondary N) is 1. The molecule has 0 saturated carbocycles. The molecule has 0 radical (unpaired) electrons. The van der Waals surface area contributed by atoms with Gasteiger partial charge in [-0.15, -0.1) is 0 Å². The van der Waals surface area contributed by atoms with Crippen LogP contribution in [0.3, 0.4) is 0 Å². The van der Waals surface area contributed by atoms with Crippen molar-refractivity contribution in [3.05, 3.63) is 106 Å². The average molecular weight is 481 g/mol. The second-order valence-electron chi connectivity index (χ2n) is 9.36. The van der Waals surface area contributed by atoms with E-state index >= 15 is 0 Å². The maximum atomic E-state index is 14.3. The lowest BCUT2D eigenvalue weighted by molar-refractivity contribution is -0.141. The zero-order valence-corrected chi connectivity index (χ0v) is 20.5. The molecule has 34 heavy (non-hydrogen) atoms. The van der Waals surface area contributed by atoms with Crippen molar-refractivity contribution in [2.75, 3.05) is 0 Å². The number of hydrogen-bond acceptors (Lipinski definition) is 2. The van der Waals surface area contributed by atoms with Gasteiger partial charge in [0.05, 0.1) is 6.42 Å². The molecule has 0 fully saturated rings. The summed E-state index contributed by atoms with van der Waals surface area (Å²) in [5.74, 6) is -1.03. The van der Waals surface area contributed by atoms with Crippen molar-refractivity contribution in [3.63, 3.8) is 0 Å². The molecule has 0 unspecified atom stereocenters. The topological polar surface area (TPSA) is 49.4 Å². The lowest BCUT2D eigenvalue weighted by atomic mass is 9.99. The second-order valence-corrected chi connectivity index (χ2v) is 9.80. The molecule has 0 spiro atoms. The SMILES string of the molecule is CC(C)(C)NC(=O)[C@@H](Cc1ccccc1)N(Cc1ccc(Cl)cc1)C(=O)Cc1ccccc1F. The maximum Gasteiger partial charge on any atom is 0.243 e. The smallest absolute Gasteiger partial charge is 0.243 e. The van der Waals surface area contributed by atoms with Crippen molar-refractivity contribution in [3.8, 4) is 0 Å². The molecule has 0 bridgehead atoms. The van der Waals surface area contributed by atoms with Crippen molar-refractivity contribution >= 4 is 23.4 Å². The first-order valence-electron chi connectivity index (χ1n) is 11.3. The van der Waals surface area contributed by atoms with Crippen LogP contribution in [0.15, 0.2) is 78.9 Å². The largest absolute Gasteiger partial charge is 0.350 e. The summed E-state index contributed by atoms with van der Waals surface area (Å²) in [4.78, 5) is 28.6. The predicted octanol–water partition coefficient (Wildman–Crippen LogP) is 5.58. The van der Waals surface area contributed by atoms with Gasteiger partial charge in [-0.2, -0.15) is 0 Å². The zero-order chi connectivity index (χ0) is 24.7. The number of benzene rings is 3. The molecule has 4 nitrogen and oxygen atoms in total. The third kappa shape index (κ3) is 7.42. The minimum absolute atomic E-state index is 0.144. The molecule has 0 aliphatic heterocycles. The van der Waals surface area contributed by atoms with Gasteiger partial charge in [0.2, 0.25) is 11.8 Å². The zero-order valence-electron chi connectivity index (χ0n) is 19.7. The molecule has 0 aromatic heterocycles. The summed E-state index contributed by atoms with van der Waals surface area (Å²) in [5.41, 5.74) is 1.57. The summed E-state index contributed by atoms with van der Waals surface area (Å²) in [6.07, 6.45) is 0.188. The van der Waals surface area contributed by atoms with Gasteiger partial charge >= 0.3 is 0 Å². The van der Waals surface area contributed by atoms with E-state index in [1.54, 1.807) is 35.2 Å². The van der Waals surface area contributed by atoms with Crippen molar-refractivity contribution in [2.45, 2.75) is 51.7 Å². The fourth-order valence-corrected chi connectivity index (χ4v) is 3.83. The minimum Gasteiger partial charge on any atom is -0.350 e. The summed E-state index contributed by atoms with van der Waals surface area (Å²) in [7, 11) is 0. The standard InChI is InChI=1S/C28H30ClFN2O2/c1-28(2,3)31-27(34)25(17-20-9-5-4-6-10-20)32(19-21-13-15-23(29)16-14-21)26(33)18-22-11-7-8-12-24(22)30/h4-16,25H,17-19H2,1-3H3,(H,31,34)/t25-/m1/s1. The van der Waals surface area contributed by atoms with E-state index in [-0.39, 0.29) is 24.8 Å². The summed E-state index contributed by atoms with van der Waals surface area (Å²) >= 11 is 6.04. The van der Waals surface area contributed by atoms with E-state index in [1.165, 1.54) is 6.07 Å². The third-order valence-corrected chi connectivity index (χ3v) is 5.59. The predicted molar refractivity (Wildman–Crippen MR) is 134 cm³/mol. The highest BCUT2D eigenvalue weighted by atomic mass is 35.5. The number of rotatable bonds is 8. The van der Waals surface area contributed by atoms with Gasteiger partial charge in [0.1, 0.15) is 11.9 Å². The van der Waals surface area contributed by atoms with Gasteiger partial charge in [0.25, 0.3) is 0 Å². The molecule has 1 atom stereocenters. The molecule has 1 N–H and O–H groups in total.